The summed E-state index contributed by atoms with van der Waals surface area (Å²) in [6, 6.07) is 8.69. The summed E-state index contributed by atoms with van der Waals surface area (Å²) in [5, 5.41) is 19.8. The molecule has 8 nitrogen and oxygen atoms in total. The average molecular weight is 505 g/mol. The third kappa shape index (κ3) is 8.17. The highest BCUT2D eigenvalue weighted by molar-refractivity contribution is 6.17. The maximum Gasteiger partial charge on any atom is 0.223 e. The van der Waals surface area contributed by atoms with E-state index in [1.54, 1.807) is 12.1 Å². The fourth-order valence-electron chi connectivity index (χ4n) is 3.00. The summed E-state index contributed by atoms with van der Waals surface area (Å²) in [4.78, 5) is 49.3. The molecule has 0 fully saturated rings. The molecule has 2 aromatic rings. The van der Waals surface area contributed by atoms with Gasteiger partial charge in [0.25, 0.3) is 0 Å². The van der Waals surface area contributed by atoms with Crippen molar-refractivity contribution in [3.8, 4) is 23.0 Å². The number of allylic oxidation sites excluding steroid dienone is 2. The molecule has 0 bridgehead atoms. The highest BCUT2D eigenvalue weighted by Crippen LogP contribution is 2.30. The lowest BCUT2D eigenvalue weighted by Gasteiger charge is -2.18. The fraction of sp³-hybridized carbons (Fsp3) is 0.172. The Hall–Kier alpha value is -4.72. The van der Waals surface area contributed by atoms with Crippen LogP contribution in [0.5, 0.6) is 23.0 Å². The van der Waals surface area contributed by atoms with Crippen LogP contribution in [-0.4, -0.2) is 46.6 Å². The van der Waals surface area contributed by atoms with Gasteiger partial charge in [0, 0.05) is 0 Å². The molecule has 0 aliphatic heterocycles. The van der Waals surface area contributed by atoms with Crippen molar-refractivity contribution < 1.29 is 38.9 Å². The molecule has 0 amide bonds. The van der Waals surface area contributed by atoms with E-state index >= 15 is 0 Å². The van der Waals surface area contributed by atoms with Gasteiger partial charge in [0.1, 0.15) is 0 Å². The quantitative estimate of drug-likeness (QED) is 0.304. The first kappa shape index (κ1) is 28.5. The molecule has 0 saturated carbocycles. The number of ether oxygens (including phenoxy) is 2. The van der Waals surface area contributed by atoms with Gasteiger partial charge in [0.2, 0.25) is 17.7 Å². The Labute approximate surface area is 214 Å². The zero-order valence-electron chi connectivity index (χ0n) is 20.8. The second kappa shape index (κ2) is 12.8. The van der Waals surface area contributed by atoms with Crippen LogP contribution in [-0.2, 0) is 19.2 Å². The maximum atomic E-state index is 12.4. The van der Waals surface area contributed by atoms with Gasteiger partial charge >= 0.3 is 0 Å². The Kier molecular flexibility index (Phi) is 9.89. The topological polar surface area (TPSA) is 127 Å². The minimum absolute atomic E-state index is 0.0329. The maximum absolute atomic E-state index is 12.4. The summed E-state index contributed by atoms with van der Waals surface area (Å²) < 4.78 is 10.5. The number of phenols is 2. The summed E-state index contributed by atoms with van der Waals surface area (Å²) in [5.74, 6) is -2.45. The Morgan fingerprint density at radius 2 is 1.24 bits per heavy atom. The van der Waals surface area contributed by atoms with Crippen LogP contribution in [0.2, 0.25) is 0 Å². The van der Waals surface area contributed by atoms with Crippen molar-refractivity contribution in [1.29, 1.82) is 0 Å². The van der Waals surface area contributed by atoms with E-state index in [-0.39, 0.29) is 40.6 Å². The van der Waals surface area contributed by atoms with Crippen LogP contribution in [0, 0.1) is 0 Å². The number of methoxy groups -OCH3 is 1. The molecule has 2 aromatic carbocycles. The summed E-state index contributed by atoms with van der Waals surface area (Å²) >= 11 is 0. The summed E-state index contributed by atoms with van der Waals surface area (Å²) in [7, 11) is 1.41. The number of benzene rings is 2. The molecule has 192 valence electrons. The lowest BCUT2D eigenvalue weighted by atomic mass is 10.0. The van der Waals surface area contributed by atoms with Crippen LogP contribution in [0.4, 0.5) is 0 Å². The van der Waals surface area contributed by atoms with Crippen LogP contribution >= 0.6 is 0 Å². The van der Waals surface area contributed by atoms with Gasteiger partial charge in [-0.1, -0.05) is 37.4 Å². The largest absolute Gasteiger partial charge is 0.504 e. The molecule has 0 spiro atoms. The van der Waals surface area contributed by atoms with Gasteiger partial charge in [0.15, 0.2) is 34.6 Å². The van der Waals surface area contributed by atoms with E-state index in [2.05, 4.69) is 13.2 Å². The van der Waals surface area contributed by atoms with Crippen LogP contribution in [0.1, 0.15) is 31.4 Å². The molecule has 0 aliphatic carbocycles. The lowest BCUT2D eigenvalue weighted by molar-refractivity contribution is -0.132. The SMILES string of the molecule is C=C(C)C(=O)C(Oc1cc(C=CC(=O)CC(=O)C=Cc2ccc(O)c(OC)c2)ccc1O)C(=O)C(=C)C. The van der Waals surface area contributed by atoms with Crippen LogP contribution < -0.4 is 9.47 Å². The molecule has 0 atom stereocenters. The summed E-state index contributed by atoms with van der Waals surface area (Å²) in [6.45, 7) is 9.96. The Balaban J connectivity index is 2.11. The molecule has 0 saturated heterocycles. The van der Waals surface area contributed by atoms with E-state index in [4.69, 9.17) is 9.47 Å². The minimum atomic E-state index is -1.56. The number of carbonyl (C=O) groups is 4. The second-order valence-electron chi connectivity index (χ2n) is 8.22. The van der Waals surface area contributed by atoms with E-state index in [1.165, 1.54) is 69.5 Å². The van der Waals surface area contributed by atoms with Crippen molar-refractivity contribution in [2.75, 3.05) is 7.11 Å². The Bertz CT molecular complexity index is 1290. The number of hydrogen-bond acceptors (Lipinski definition) is 8. The Morgan fingerprint density at radius 1 is 0.811 bits per heavy atom. The molecule has 0 aliphatic rings. The zero-order valence-corrected chi connectivity index (χ0v) is 20.8. The normalized spacial score (nSPS) is 11.0. The number of rotatable bonds is 13. The first-order valence-electron chi connectivity index (χ1n) is 11.1. The minimum Gasteiger partial charge on any atom is -0.504 e. The van der Waals surface area contributed by atoms with E-state index in [9.17, 15) is 29.4 Å². The second-order valence-corrected chi connectivity index (χ2v) is 8.22. The van der Waals surface area contributed by atoms with Crippen LogP contribution in [0.15, 0.2) is 72.9 Å². The first-order valence-corrected chi connectivity index (χ1v) is 11.1. The molecule has 0 heterocycles. The van der Waals surface area contributed by atoms with Crippen molar-refractivity contribution in [2.45, 2.75) is 26.4 Å². The fourth-order valence-corrected chi connectivity index (χ4v) is 3.00. The molecule has 2 rings (SSSR count). The summed E-state index contributed by atoms with van der Waals surface area (Å²) in [6.07, 6.45) is 3.42. The molecule has 0 radical (unpaired) electrons. The smallest absolute Gasteiger partial charge is 0.223 e. The molecule has 37 heavy (non-hydrogen) atoms. The Morgan fingerprint density at radius 3 is 1.68 bits per heavy atom. The van der Waals surface area contributed by atoms with Crippen molar-refractivity contribution in [3.05, 3.63) is 84.0 Å². The number of Topliss-reactive ketones (excluding diaryl/α,β-unsaturated/α-hetero) is 2. The number of hydrogen-bond donors (Lipinski definition) is 2. The van der Waals surface area contributed by atoms with Crippen molar-refractivity contribution in [2.24, 2.45) is 0 Å². The van der Waals surface area contributed by atoms with Gasteiger partial charge in [-0.15, -0.1) is 0 Å². The van der Waals surface area contributed by atoms with Gasteiger partial charge in [-0.2, -0.15) is 0 Å². The third-order valence-electron chi connectivity index (χ3n) is 5.02. The van der Waals surface area contributed by atoms with E-state index in [0.717, 1.165) is 0 Å². The van der Waals surface area contributed by atoms with E-state index < -0.39 is 29.2 Å². The highest BCUT2D eigenvalue weighted by Gasteiger charge is 2.30. The average Bonchev–Trinajstić information content (AvgIpc) is 2.85. The monoisotopic (exact) mass is 504 g/mol. The number of ketones is 4. The number of phenolic OH excluding ortho intramolecular Hbond substituents is 2. The standard InChI is InChI=1S/C29H28O8/c1-17(2)27(34)29(28(35)18(3)4)37-26-15-20(9-13-24(26)33)7-11-22(31)16-21(30)10-6-19-8-12-23(32)25(14-19)36-5/h6-15,29,32-33H,1,3,16H2,2,4-5H3. The molecule has 8 heteroatoms. The van der Waals surface area contributed by atoms with E-state index in [0.29, 0.717) is 11.1 Å². The van der Waals surface area contributed by atoms with Crippen molar-refractivity contribution in [3.63, 3.8) is 0 Å². The van der Waals surface area contributed by atoms with Gasteiger partial charge in [0.05, 0.1) is 13.5 Å². The molecule has 0 unspecified atom stereocenters. The van der Waals surface area contributed by atoms with Gasteiger partial charge < -0.3 is 19.7 Å². The predicted octanol–water partition coefficient (Wildman–Crippen LogP) is 4.40. The molecule has 0 aromatic heterocycles. The molecular formula is C29H28O8. The number of carbonyl (C=O) groups excluding carboxylic acids is 4. The summed E-state index contributed by atoms with van der Waals surface area (Å²) in [5.41, 5.74) is 1.23. The van der Waals surface area contributed by atoms with Gasteiger partial charge in [-0.05, 0) is 72.5 Å². The predicted molar refractivity (Wildman–Crippen MR) is 140 cm³/mol. The van der Waals surface area contributed by atoms with Crippen LogP contribution in [0.3, 0.4) is 0 Å². The molecule has 2 N–H and O–H groups in total. The van der Waals surface area contributed by atoms with Gasteiger partial charge in [-0.3, -0.25) is 19.2 Å². The van der Waals surface area contributed by atoms with Crippen molar-refractivity contribution >= 4 is 35.3 Å². The van der Waals surface area contributed by atoms with Crippen molar-refractivity contribution in [1.82, 2.24) is 0 Å². The van der Waals surface area contributed by atoms with E-state index in [1.807, 2.05) is 0 Å². The van der Waals surface area contributed by atoms with Gasteiger partial charge in [-0.25, -0.2) is 0 Å². The number of aromatic hydroxyl groups is 2. The zero-order chi connectivity index (χ0) is 27.7. The first-order chi connectivity index (χ1) is 17.4. The third-order valence-corrected chi connectivity index (χ3v) is 5.02. The molecular weight excluding hydrogens is 476 g/mol. The highest BCUT2D eigenvalue weighted by atomic mass is 16.5. The van der Waals surface area contributed by atoms with Crippen LogP contribution in [0.25, 0.3) is 12.2 Å². The lowest BCUT2D eigenvalue weighted by Crippen LogP contribution is -2.36.